The summed E-state index contributed by atoms with van der Waals surface area (Å²) in [6, 6.07) is 0. The van der Waals surface area contributed by atoms with Crippen LogP contribution in [-0.4, -0.2) is 16.5 Å². The summed E-state index contributed by atoms with van der Waals surface area (Å²) in [5, 5.41) is 9.94. The maximum atomic E-state index is 9.08. The molecule has 0 fully saturated rings. The van der Waals surface area contributed by atoms with Gasteiger partial charge in [-0.15, -0.1) is 0 Å². The summed E-state index contributed by atoms with van der Waals surface area (Å²) in [4.78, 5) is 1.77. The first-order chi connectivity index (χ1) is 4.31. The molecule has 1 atom stereocenters. The molecule has 0 aliphatic heterocycles. The smallest absolute Gasteiger partial charge is 0.0582 e. The molecule has 0 aromatic heterocycles. The minimum Gasteiger partial charge on any atom is -0.393 e. The number of hydrogen-bond donors (Lipinski definition) is 1. The lowest BCUT2D eigenvalue weighted by Crippen LogP contribution is -2.04. The highest BCUT2D eigenvalue weighted by molar-refractivity contribution is 9.11. The quantitative estimate of drug-likeness (QED) is 0.768. The molecule has 0 bridgehead atoms. The SMILES string of the molecule is OC(CC=CBr)CCBr. The molecule has 9 heavy (non-hydrogen) atoms. The summed E-state index contributed by atoms with van der Waals surface area (Å²) in [5.74, 6) is 0. The highest BCUT2D eigenvalue weighted by atomic mass is 79.9. The summed E-state index contributed by atoms with van der Waals surface area (Å²) in [5.41, 5.74) is 0. The van der Waals surface area contributed by atoms with Crippen LogP contribution in [0.25, 0.3) is 0 Å². The fourth-order valence-electron chi connectivity index (χ4n) is 0.452. The van der Waals surface area contributed by atoms with Crippen molar-refractivity contribution in [3.63, 3.8) is 0 Å². The summed E-state index contributed by atoms with van der Waals surface area (Å²) in [7, 11) is 0. The van der Waals surface area contributed by atoms with E-state index < -0.39 is 0 Å². The summed E-state index contributed by atoms with van der Waals surface area (Å²) >= 11 is 6.37. The topological polar surface area (TPSA) is 20.2 Å². The van der Waals surface area contributed by atoms with Crippen molar-refractivity contribution in [1.82, 2.24) is 0 Å². The average molecular weight is 258 g/mol. The van der Waals surface area contributed by atoms with E-state index in [4.69, 9.17) is 5.11 Å². The third-order valence-corrected chi connectivity index (χ3v) is 1.77. The zero-order chi connectivity index (χ0) is 7.11. The molecule has 0 rings (SSSR count). The molecule has 0 radical (unpaired) electrons. The Labute approximate surface area is 72.4 Å². The molecule has 1 unspecified atom stereocenters. The van der Waals surface area contributed by atoms with E-state index in [1.165, 1.54) is 0 Å². The van der Waals surface area contributed by atoms with E-state index in [-0.39, 0.29) is 6.10 Å². The Hall–Kier alpha value is 0.660. The van der Waals surface area contributed by atoms with Gasteiger partial charge in [0.2, 0.25) is 0 Å². The van der Waals surface area contributed by atoms with Crippen molar-refractivity contribution < 1.29 is 5.11 Å². The van der Waals surface area contributed by atoms with Crippen molar-refractivity contribution in [1.29, 1.82) is 0 Å². The van der Waals surface area contributed by atoms with E-state index in [1.54, 1.807) is 4.99 Å². The van der Waals surface area contributed by atoms with Crippen LogP contribution in [0.4, 0.5) is 0 Å². The van der Waals surface area contributed by atoms with Crippen molar-refractivity contribution in [3.05, 3.63) is 11.1 Å². The van der Waals surface area contributed by atoms with E-state index >= 15 is 0 Å². The van der Waals surface area contributed by atoms with Crippen LogP contribution < -0.4 is 0 Å². The first-order valence-electron chi connectivity index (χ1n) is 2.80. The van der Waals surface area contributed by atoms with Crippen LogP contribution in [0.1, 0.15) is 12.8 Å². The van der Waals surface area contributed by atoms with Crippen LogP contribution in [-0.2, 0) is 0 Å². The number of aliphatic hydroxyl groups excluding tert-OH is 1. The minimum atomic E-state index is -0.196. The van der Waals surface area contributed by atoms with Crippen LogP contribution in [0.5, 0.6) is 0 Å². The average Bonchev–Trinajstić information content (AvgIpc) is 1.85. The zero-order valence-corrected chi connectivity index (χ0v) is 8.23. The standard InChI is InChI=1S/C6H10Br2O/c7-4-1-2-6(9)3-5-8/h1,4,6,9H,2-3,5H2. The fraction of sp³-hybridized carbons (Fsp3) is 0.667. The molecule has 0 saturated heterocycles. The summed E-state index contributed by atoms with van der Waals surface area (Å²) < 4.78 is 0. The maximum absolute atomic E-state index is 9.08. The normalized spacial score (nSPS) is 14.6. The molecule has 3 heteroatoms. The molecule has 0 aliphatic carbocycles. The van der Waals surface area contributed by atoms with Crippen molar-refractivity contribution in [2.45, 2.75) is 18.9 Å². The van der Waals surface area contributed by atoms with Crippen molar-refractivity contribution in [3.8, 4) is 0 Å². The molecular weight excluding hydrogens is 248 g/mol. The third kappa shape index (κ3) is 6.55. The molecule has 1 N–H and O–H groups in total. The molecule has 0 aliphatic rings. The Morgan fingerprint density at radius 3 is 2.67 bits per heavy atom. The molecule has 1 nitrogen and oxygen atoms in total. The van der Waals surface area contributed by atoms with Crippen molar-refractivity contribution in [2.24, 2.45) is 0 Å². The minimum absolute atomic E-state index is 0.196. The highest BCUT2D eigenvalue weighted by Crippen LogP contribution is 2.01. The molecule has 0 amide bonds. The van der Waals surface area contributed by atoms with E-state index in [0.717, 1.165) is 18.2 Å². The number of aliphatic hydroxyl groups is 1. The van der Waals surface area contributed by atoms with Gasteiger partial charge in [-0.3, -0.25) is 0 Å². The van der Waals surface area contributed by atoms with Crippen LogP contribution in [0, 0.1) is 0 Å². The van der Waals surface area contributed by atoms with Gasteiger partial charge in [0, 0.05) is 5.33 Å². The largest absolute Gasteiger partial charge is 0.393 e. The number of halogens is 2. The first kappa shape index (κ1) is 9.66. The Kier molecular flexibility index (Phi) is 7.27. The molecule has 0 aromatic carbocycles. The van der Waals surface area contributed by atoms with Gasteiger partial charge in [-0.1, -0.05) is 37.9 Å². The van der Waals surface area contributed by atoms with Gasteiger partial charge in [0.1, 0.15) is 0 Å². The van der Waals surface area contributed by atoms with Crippen LogP contribution in [0.15, 0.2) is 11.1 Å². The Balaban J connectivity index is 3.15. The van der Waals surface area contributed by atoms with Gasteiger partial charge in [-0.25, -0.2) is 0 Å². The molecule has 54 valence electrons. The first-order valence-corrected chi connectivity index (χ1v) is 4.84. The predicted octanol–water partition coefficient (Wildman–Crippen LogP) is 2.43. The second-order valence-corrected chi connectivity index (χ2v) is 3.05. The number of hydrogen-bond acceptors (Lipinski definition) is 1. The van der Waals surface area contributed by atoms with Crippen LogP contribution in [0.3, 0.4) is 0 Å². The molecule has 0 heterocycles. The molecule has 0 spiro atoms. The van der Waals surface area contributed by atoms with Crippen molar-refractivity contribution in [2.75, 3.05) is 5.33 Å². The lowest BCUT2D eigenvalue weighted by molar-refractivity contribution is 0.175. The maximum Gasteiger partial charge on any atom is 0.0582 e. The second kappa shape index (κ2) is 6.78. The van der Waals surface area contributed by atoms with Gasteiger partial charge >= 0.3 is 0 Å². The number of alkyl halides is 1. The molecule has 0 aromatic rings. The van der Waals surface area contributed by atoms with Crippen LogP contribution >= 0.6 is 31.9 Å². The van der Waals surface area contributed by atoms with Gasteiger partial charge in [-0.2, -0.15) is 0 Å². The van der Waals surface area contributed by atoms with Gasteiger partial charge < -0.3 is 5.11 Å². The highest BCUT2D eigenvalue weighted by Gasteiger charge is 1.97. The lowest BCUT2D eigenvalue weighted by atomic mass is 10.2. The van der Waals surface area contributed by atoms with Gasteiger partial charge in [0.15, 0.2) is 0 Å². The molecule has 0 saturated carbocycles. The van der Waals surface area contributed by atoms with Gasteiger partial charge in [-0.05, 0) is 17.8 Å². The third-order valence-electron chi connectivity index (χ3n) is 0.940. The lowest BCUT2D eigenvalue weighted by Gasteiger charge is -2.02. The van der Waals surface area contributed by atoms with Crippen LogP contribution in [0.2, 0.25) is 0 Å². The second-order valence-electron chi connectivity index (χ2n) is 1.73. The van der Waals surface area contributed by atoms with E-state index in [9.17, 15) is 0 Å². The predicted molar refractivity (Wildman–Crippen MR) is 47.1 cm³/mol. The van der Waals surface area contributed by atoms with Gasteiger partial charge in [0.25, 0.3) is 0 Å². The van der Waals surface area contributed by atoms with Crippen molar-refractivity contribution >= 4 is 31.9 Å². The molecular formula is C6H10Br2O. The number of rotatable bonds is 4. The monoisotopic (exact) mass is 256 g/mol. The van der Waals surface area contributed by atoms with E-state index in [2.05, 4.69) is 31.9 Å². The fourth-order valence-corrected chi connectivity index (χ4v) is 1.20. The zero-order valence-electron chi connectivity index (χ0n) is 5.06. The van der Waals surface area contributed by atoms with E-state index in [0.29, 0.717) is 0 Å². The summed E-state index contributed by atoms with van der Waals surface area (Å²) in [6.07, 6.45) is 3.25. The summed E-state index contributed by atoms with van der Waals surface area (Å²) in [6.45, 7) is 0. The van der Waals surface area contributed by atoms with E-state index in [1.807, 2.05) is 6.08 Å². The Bertz CT molecular complexity index is 83.1. The Morgan fingerprint density at radius 1 is 1.56 bits per heavy atom. The van der Waals surface area contributed by atoms with Gasteiger partial charge in [0.05, 0.1) is 6.10 Å². The Morgan fingerprint density at radius 2 is 2.22 bits per heavy atom.